The molecule has 1 unspecified atom stereocenters. The van der Waals surface area contributed by atoms with E-state index < -0.39 is 5.82 Å². The van der Waals surface area contributed by atoms with Gasteiger partial charge in [-0.15, -0.1) is 0 Å². The van der Waals surface area contributed by atoms with Crippen molar-refractivity contribution in [3.63, 3.8) is 0 Å². The zero-order chi connectivity index (χ0) is 20.4. The number of amides is 2. The fourth-order valence-electron chi connectivity index (χ4n) is 3.23. The van der Waals surface area contributed by atoms with Crippen LogP contribution in [0.2, 0.25) is 5.02 Å². The highest BCUT2D eigenvalue weighted by molar-refractivity contribution is 8.00. The van der Waals surface area contributed by atoms with Crippen LogP contribution in [-0.4, -0.2) is 48.4 Å². The molecular weight excluding hydrogens is 417 g/mol. The number of morpholine rings is 1. The first-order chi connectivity index (χ1) is 14.0. The average molecular weight is 436 g/mol. The number of anilines is 1. The number of nitrogens with one attached hydrogen (secondary N) is 2. The third-order valence-electron chi connectivity index (χ3n) is 4.79. The molecule has 152 valence electrons. The van der Waals surface area contributed by atoms with E-state index in [1.165, 1.54) is 30.0 Å². The van der Waals surface area contributed by atoms with Crippen LogP contribution in [0.3, 0.4) is 0 Å². The number of thioether (sulfide) groups is 1. The first-order valence-electron chi connectivity index (χ1n) is 9.17. The minimum absolute atomic E-state index is 0.0972. The minimum Gasteiger partial charge on any atom is -0.379 e. The van der Waals surface area contributed by atoms with Crippen molar-refractivity contribution in [2.24, 2.45) is 0 Å². The largest absolute Gasteiger partial charge is 0.379 e. The molecular formula is C20H19ClFN3O3S. The van der Waals surface area contributed by atoms with Crippen molar-refractivity contribution in [1.82, 2.24) is 10.2 Å². The number of carbonyl (C=O) groups is 2. The van der Waals surface area contributed by atoms with Gasteiger partial charge in [0.15, 0.2) is 0 Å². The highest BCUT2D eigenvalue weighted by Gasteiger charge is 2.33. The lowest BCUT2D eigenvalue weighted by Gasteiger charge is -2.35. The average Bonchev–Trinajstić information content (AvgIpc) is 2.72. The fraction of sp³-hybridized carbons (Fsp3) is 0.300. The van der Waals surface area contributed by atoms with Gasteiger partial charge in [-0.3, -0.25) is 14.5 Å². The normalized spacial score (nSPS) is 19.4. The van der Waals surface area contributed by atoms with E-state index in [2.05, 4.69) is 15.5 Å². The lowest BCUT2D eigenvalue weighted by molar-refractivity contribution is -0.119. The summed E-state index contributed by atoms with van der Waals surface area (Å²) in [7, 11) is 0. The Hall–Kier alpha value is -2.13. The van der Waals surface area contributed by atoms with E-state index in [0.717, 1.165) is 4.90 Å². The Balaban J connectivity index is 1.43. The molecule has 0 aliphatic carbocycles. The third-order valence-corrected chi connectivity index (χ3v) is 6.49. The number of hydrogen-bond acceptors (Lipinski definition) is 5. The van der Waals surface area contributed by atoms with E-state index in [1.54, 1.807) is 12.1 Å². The molecule has 2 amide bonds. The molecule has 29 heavy (non-hydrogen) atoms. The van der Waals surface area contributed by atoms with Gasteiger partial charge in [0.1, 0.15) is 11.2 Å². The minimum atomic E-state index is -0.427. The summed E-state index contributed by atoms with van der Waals surface area (Å²) in [5.74, 6) is -0.828. The summed E-state index contributed by atoms with van der Waals surface area (Å²) in [6.07, 6.45) is 0. The van der Waals surface area contributed by atoms with Crippen LogP contribution in [-0.2, 0) is 16.1 Å². The maximum atomic E-state index is 13.1. The predicted molar refractivity (Wildman–Crippen MR) is 110 cm³/mol. The van der Waals surface area contributed by atoms with Crippen LogP contribution in [0.4, 0.5) is 10.1 Å². The number of carbonyl (C=O) groups excluding carboxylic acids is 2. The van der Waals surface area contributed by atoms with Gasteiger partial charge in [-0.2, -0.15) is 0 Å². The summed E-state index contributed by atoms with van der Waals surface area (Å²) in [5, 5.41) is 5.63. The quantitative estimate of drug-likeness (QED) is 0.772. The summed E-state index contributed by atoms with van der Waals surface area (Å²) in [5.41, 5.74) is 1.67. The number of rotatable bonds is 4. The molecule has 0 bridgehead atoms. The monoisotopic (exact) mass is 435 g/mol. The van der Waals surface area contributed by atoms with E-state index in [-0.39, 0.29) is 28.8 Å². The number of halogens is 2. The zero-order valence-electron chi connectivity index (χ0n) is 15.4. The van der Waals surface area contributed by atoms with Gasteiger partial charge in [0.05, 0.1) is 18.9 Å². The fourth-order valence-corrected chi connectivity index (χ4v) is 4.62. The van der Waals surface area contributed by atoms with Crippen LogP contribution in [0.1, 0.15) is 15.9 Å². The number of hydrogen-bond donors (Lipinski definition) is 2. The summed E-state index contributed by atoms with van der Waals surface area (Å²) in [4.78, 5) is 28.1. The van der Waals surface area contributed by atoms with Gasteiger partial charge < -0.3 is 15.4 Å². The molecule has 1 saturated heterocycles. The Bertz CT molecular complexity index is 953. The summed E-state index contributed by atoms with van der Waals surface area (Å²) >= 11 is 7.47. The number of fused-ring (bicyclic) bond motifs is 1. The molecule has 6 nitrogen and oxygen atoms in total. The molecule has 0 spiro atoms. The van der Waals surface area contributed by atoms with Crippen LogP contribution in [0.25, 0.3) is 0 Å². The summed E-state index contributed by atoms with van der Waals surface area (Å²) in [6.45, 7) is 2.84. The van der Waals surface area contributed by atoms with Gasteiger partial charge in [0.25, 0.3) is 11.8 Å². The van der Waals surface area contributed by atoms with Crippen LogP contribution in [0, 0.1) is 5.82 Å². The van der Waals surface area contributed by atoms with Gasteiger partial charge in [-0.05, 0) is 35.9 Å². The van der Waals surface area contributed by atoms with Crippen LogP contribution in [0.15, 0.2) is 41.3 Å². The Labute approximate surface area is 176 Å². The van der Waals surface area contributed by atoms with E-state index >= 15 is 0 Å². The van der Waals surface area contributed by atoms with Crippen molar-refractivity contribution < 1.29 is 18.7 Å². The first-order valence-corrected chi connectivity index (χ1v) is 10.4. The molecule has 2 N–H and O–H groups in total. The molecule has 0 aromatic heterocycles. The number of ether oxygens (including phenoxy) is 1. The van der Waals surface area contributed by atoms with Crippen LogP contribution in [0.5, 0.6) is 0 Å². The van der Waals surface area contributed by atoms with Gasteiger partial charge in [0, 0.05) is 35.1 Å². The molecule has 2 aliphatic rings. The number of nitrogens with zero attached hydrogens (tertiary/aromatic N) is 1. The molecule has 1 atom stereocenters. The molecule has 0 radical (unpaired) electrons. The second kappa shape index (κ2) is 8.71. The smallest absolute Gasteiger partial charge is 0.252 e. The van der Waals surface area contributed by atoms with E-state index in [1.807, 2.05) is 6.07 Å². The third kappa shape index (κ3) is 4.56. The van der Waals surface area contributed by atoms with Crippen molar-refractivity contribution in [2.75, 3.05) is 31.6 Å². The van der Waals surface area contributed by atoms with E-state index in [9.17, 15) is 14.0 Å². The van der Waals surface area contributed by atoms with Crippen molar-refractivity contribution in [3.05, 3.63) is 58.4 Å². The van der Waals surface area contributed by atoms with Crippen molar-refractivity contribution in [3.8, 4) is 0 Å². The molecule has 1 fully saturated rings. The Kier molecular flexibility index (Phi) is 6.05. The lowest BCUT2D eigenvalue weighted by Crippen LogP contribution is -2.48. The molecule has 4 rings (SSSR count). The molecule has 2 aromatic rings. The maximum Gasteiger partial charge on any atom is 0.252 e. The summed E-state index contributed by atoms with van der Waals surface area (Å²) < 4.78 is 18.5. The van der Waals surface area contributed by atoms with Crippen molar-refractivity contribution in [1.29, 1.82) is 0 Å². The predicted octanol–water partition coefficient (Wildman–Crippen LogP) is 3.11. The number of benzene rings is 2. The SMILES string of the molecule is O=C(NCc1ccc(F)cc1Cl)c1ccc2c(c1)NC(=O)C(N1CCOCC1)S2. The van der Waals surface area contributed by atoms with Gasteiger partial charge in [-0.1, -0.05) is 29.4 Å². The topological polar surface area (TPSA) is 70.7 Å². The second-order valence-electron chi connectivity index (χ2n) is 6.74. The van der Waals surface area contributed by atoms with Gasteiger partial charge in [0.2, 0.25) is 0 Å². The van der Waals surface area contributed by atoms with Crippen LogP contribution < -0.4 is 10.6 Å². The molecule has 0 saturated carbocycles. The van der Waals surface area contributed by atoms with Crippen molar-refractivity contribution >= 4 is 40.9 Å². The maximum absolute atomic E-state index is 13.1. The molecule has 2 aliphatic heterocycles. The van der Waals surface area contributed by atoms with E-state index in [0.29, 0.717) is 43.1 Å². The highest BCUT2D eigenvalue weighted by Crippen LogP contribution is 2.37. The first kappa shape index (κ1) is 20.2. The molecule has 9 heteroatoms. The van der Waals surface area contributed by atoms with Crippen LogP contribution >= 0.6 is 23.4 Å². The highest BCUT2D eigenvalue weighted by atomic mass is 35.5. The second-order valence-corrected chi connectivity index (χ2v) is 8.27. The van der Waals surface area contributed by atoms with Gasteiger partial charge >= 0.3 is 0 Å². The standard InChI is InChI=1S/C20H19ClFN3O3S/c21-15-10-14(22)3-1-13(15)11-23-18(26)12-2-4-17-16(9-12)24-19(27)20(29-17)25-5-7-28-8-6-25/h1-4,9-10,20H,5-8,11H2,(H,23,26)(H,24,27). The zero-order valence-corrected chi connectivity index (χ0v) is 17.0. The van der Waals surface area contributed by atoms with Crippen molar-refractivity contribution in [2.45, 2.75) is 16.8 Å². The molecule has 2 heterocycles. The van der Waals surface area contributed by atoms with E-state index in [4.69, 9.17) is 16.3 Å². The lowest BCUT2D eigenvalue weighted by atomic mass is 10.1. The summed E-state index contributed by atoms with van der Waals surface area (Å²) in [6, 6.07) is 9.27. The Morgan fingerprint density at radius 2 is 2.07 bits per heavy atom. The van der Waals surface area contributed by atoms with Gasteiger partial charge in [-0.25, -0.2) is 4.39 Å². The Morgan fingerprint density at radius 1 is 1.28 bits per heavy atom. The Morgan fingerprint density at radius 3 is 2.83 bits per heavy atom. The molecule has 2 aromatic carbocycles.